The van der Waals surface area contributed by atoms with E-state index in [-0.39, 0.29) is 18.1 Å². The van der Waals surface area contributed by atoms with Crippen molar-refractivity contribution in [1.82, 2.24) is 15.1 Å². The highest BCUT2D eigenvalue weighted by Gasteiger charge is 2.36. The summed E-state index contributed by atoms with van der Waals surface area (Å²) in [5, 5.41) is 5.91. The number of aryl methyl sites for hydroxylation is 1. The van der Waals surface area contributed by atoms with Gasteiger partial charge in [-0.2, -0.15) is 18.3 Å². The Morgan fingerprint density at radius 3 is 2.75 bits per heavy atom. The highest BCUT2D eigenvalue weighted by molar-refractivity contribution is 5.77. The first kappa shape index (κ1) is 12.3. The predicted molar refractivity (Wildman–Crippen MR) is 52.6 cm³/mol. The van der Waals surface area contributed by atoms with E-state index >= 15 is 0 Å². The zero-order valence-electron chi connectivity index (χ0n) is 8.84. The number of aliphatic imine (C=N–C) groups is 1. The van der Waals surface area contributed by atoms with Crippen LogP contribution in [-0.2, 0) is 19.8 Å². The van der Waals surface area contributed by atoms with E-state index in [4.69, 9.17) is 5.73 Å². The van der Waals surface area contributed by atoms with Crippen LogP contribution in [0.25, 0.3) is 0 Å². The van der Waals surface area contributed by atoms with Crippen molar-refractivity contribution in [3.63, 3.8) is 0 Å². The van der Waals surface area contributed by atoms with Gasteiger partial charge in [0.05, 0.1) is 0 Å². The minimum atomic E-state index is -4.46. The molecule has 0 fully saturated rings. The number of halogens is 3. The van der Waals surface area contributed by atoms with Crippen molar-refractivity contribution in [2.24, 2.45) is 17.8 Å². The summed E-state index contributed by atoms with van der Waals surface area (Å²) < 4.78 is 38.6. The molecule has 0 saturated carbocycles. The van der Waals surface area contributed by atoms with Gasteiger partial charge in [-0.15, -0.1) is 0 Å². The molecule has 0 atom stereocenters. The molecule has 0 saturated heterocycles. The Morgan fingerprint density at radius 2 is 2.25 bits per heavy atom. The number of guanidine groups is 1. The molecule has 0 aliphatic rings. The maximum absolute atomic E-state index is 12.5. The molecule has 5 nitrogen and oxygen atoms in total. The van der Waals surface area contributed by atoms with Crippen molar-refractivity contribution in [1.29, 1.82) is 0 Å². The Bertz CT molecular complexity index is 393. The summed E-state index contributed by atoms with van der Waals surface area (Å²) in [5.41, 5.74) is 4.44. The van der Waals surface area contributed by atoms with Crippen LogP contribution in [0.4, 0.5) is 13.2 Å². The zero-order chi connectivity index (χ0) is 12.3. The molecule has 3 N–H and O–H groups in total. The number of nitrogens with two attached hydrogens (primary N) is 1. The standard InChI is InChI=1S/C8H12F3N5/c1-13-7(12)14-3-5-4-16(2)15-6(5)8(9,10)11/h4H,3H2,1-2H3,(H3,12,13,14). The second kappa shape index (κ2) is 4.42. The summed E-state index contributed by atoms with van der Waals surface area (Å²) in [7, 11) is 2.87. The summed E-state index contributed by atoms with van der Waals surface area (Å²) in [6, 6.07) is 0. The average molecular weight is 235 g/mol. The lowest BCUT2D eigenvalue weighted by Gasteiger charge is -2.07. The molecule has 1 rings (SSSR count). The van der Waals surface area contributed by atoms with Crippen molar-refractivity contribution in [3.8, 4) is 0 Å². The molecule has 0 aliphatic carbocycles. The summed E-state index contributed by atoms with van der Waals surface area (Å²) in [6.07, 6.45) is -3.17. The number of hydrogen-bond donors (Lipinski definition) is 2. The number of aromatic nitrogens is 2. The third-order valence-electron chi connectivity index (χ3n) is 1.87. The first-order valence-electron chi connectivity index (χ1n) is 4.40. The third kappa shape index (κ3) is 2.88. The van der Waals surface area contributed by atoms with Crippen molar-refractivity contribution in [3.05, 3.63) is 17.5 Å². The minimum Gasteiger partial charge on any atom is -0.370 e. The molecular weight excluding hydrogens is 223 g/mol. The SMILES string of the molecule is CN=C(N)NCc1cn(C)nc1C(F)(F)F. The van der Waals surface area contributed by atoms with Crippen LogP contribution in [0.5, 0.6) is 0 Å². The molecular formula is C8H12F3N5. The van der Waals surface area contributed by atoms with Crippen LogP contribution < -0.4 is 11.1 Å². The summed E-state index contributed by atoms with van der Waals surface area (Å²) in [4.78, 5) is 3.58. The molecule has 0 bridgehead atoms. The largest absolute Gasteiger partial charge is 0.435 e. The average Bonchev–Trinajstić information content (AvgIpc) is 2.55. The Balaban J connectivity index is 2.88. The molecule has 0 aromatic carbocycles. The Morgan fingerprint density at radius 1 is 1.62 bits per heavy atom. The number of nitrogens with zero attached hydrogens (tertiary/aromatic N) is 3. The Kier molecular flexibility index (Phi) is 3.41. The van der Waals surface area contributed by atoms with Gasteiger partial charge in [-0.05, 0) is 0 Å². The molecule has 0 spiro atoms. The van der Waals surface area contributed by atoms with Gasteiger partial charge in [0.2, 0.25) is 0 Å². The van der Waals surface area contributed by atoms with E-state index in [0.29, 0.717) is 0 Å². The molecule has 1 heterocycles. The topological polar surface area (TPSA) is 68.2 Å². The van der Waals surface area contributed by atoms with Crippen LogP contribution in [0.1, 0.15) is 11.3 Å². The highest BCUT2D eigenvalue weighted by atomic mass is 19.4. The fourth-order valence-corrected chi connectivity index (χ4v) is 1.17. The quantitative estimate of drug-likeness (QED) is 0.578. The fraction of sp³-hybridized carbons (Fsp3) is 0.500. The monoisotopic (exact) mass is 235 g/mol. The second-order valence-electron chi connectivity index (χ2n) is 3.14. The Labute approximate surface area is 90.1 Å². The first-order valence-corrected chi connectivity index (χ1v) is 4.40. The van der Waals surface area contributed by atoms with Crippen LogP contribution in [0.2, 0.25) is 0 Å². The van der Waals surface area contributed by atoms with Gasteiger partial charge in [0.1, 0.15) is 0 Å². The van der Waals surface area contributed by atoms with Gasteiger partial charge in [0.25, 0.3) is 0 Å². The van der Waals surface area contributed by atoms with Crippen LogP contribution >= 0.6 is 0 Å². The molecule has 1 aromatic rings. The lowest BCUT2D eigenvalue weighted by atomic mass is 10.2. The van der Waals surface area contributed by atoms with Crippen LogP contribution in [0.3, 0.4) is 0 Å². The molecule has 1 aromatic heterocycles. The van der Waals surface area contributed by atoms with Gasteiger partial charge in [-0.25, -0.2) is 0 Å². The molecule has 16 heavy (non-hydrogen) atoms. The van der Waals surface area contributed by atoms with E-state index in [1.54, 1.807) is 0 Å². The lowest BCUT2D eigenvalue weighted by Crippen LogP contribution is -2.31. The number of rotatable bonds is 2. The summed E-state index contributed by atoms with van der Waals surface area (Å²) in [5.74, 6) is 0.0805. The van der Waals surface area contributed by atoms with Crippen LogP contribution in [-0.4, -0.2) is 22.8 Å². The molecule has 90 valence electrons. The van der Waals surface area contributed by atoms with Crippen LogP contribution in [0.15, 0.2) is 11.2 Å². The molecule has 8 heteroatoms. The predicted octanol–water partition coefficient (Wildman–Crippen LogP) is 0.473. The normalized spacial score (nSPS) is 12.9. The van der Waals surface area contributed by atoms with Crippen molar-refractivity contribution < 1.29 is 13.2 Å². The maximum atomic E-state index is 12.5. The highest BCUT2D eigenvalue weighted by Crippen LogP contribution is 2.30. The van der Waals surface area contributed by atoms with Gasteiger partial charge in [-0.3, -0.25) is 9.67 Å². The Hall–Kier alpha value is -1.73. The molecule has 0 amide bonds. The number of hydrogen-bond acceptors (Lipinski definition) is 2. The van der Waals surface area contributed by atoms with E-state index < -0.39 is 11.9 Å². The van der Waals surface area contributed by atoms with Gasteiger partial charge in [0, 0.05) is 32.4 Å². The van der Waals surface area contributed by atoms with Gasteiger partial charge < -0.3 is 11.1 Å². The maximum Gasteiger partial charge on any atom is 0.435 e. The lowest BCUT2D eigenvalue weighted by molar-refractivity contribution is -0.142. The summed E-state index contributed by atoms with van der Waals surface area (Å²) >= 11 is 0. The van der Waals surface area contributed by atoms with E-state index in [1.807, 2.05) is 0 Å². The summed E-state index contributed by atoms with van der Waals surface area (Å²) in [6.45, 7) is -0.0636. The van der Waals surface area contributed by atoms with Gasteiger partial charge >= 0.3 is 6.18 Å². The van der Waals surface area contributed by atoms with E-state index in [0.717, 1.165) is 4.68 Å². The minimum absolute atomic E-state index is 0.0293. The van der Waals surface area contributed by atoms with Crippen molar-refractivity contribution in [2.45, 2.75) is 12.7 Å². The fourth-order valence-electron chi connectivity index (χ4n) is 1.17. The smallest absolute Gasteiger partial charge is 0.370 e. The van der Waals surface area contributed by atoms with E-state index in [2.05, 4.69) is 15.4 Å². The second-order valence-corrected chi connectivity index (χ2v) is 3.14. The number of nitrogens with one attached hydrogen (secondary N) is 1. The van der Waals surface area contributed by atoms with Crippen LogP contribution in [0, 0.1) is 0 Å². The van der Waals surface area contributed by atoms with E-state index in [9.17, 15) is 13.2 Å². The molecule has 0 unspecified atom stereocenters. The van der Waals surface area contributed by atoms with Crippen molar-refractivity contribution in [2.75, 3.05) is 7.05 Å². The van der Waals surface area contributed by atoms with Crippen molar-refractivity contribution >= 4 is 5.96 Å². The number of alkyl halides is 3. The molecule has 0 radical (unpaired) electrons. The van der Waals surface area contributed by atoms with E-state index in [1.165, 1.54) is 20.3 Å². The molecule has 0 aliphatic heterocycles. The van der Waals surface area contributed by atoms with Gasteiger partial charge in [-0.1, -0.05) is 0 Å². The third-order valence-corrected chi connectivity index (χ3v) is 1.87. The van der Waals surface area contributed by atoms with Gasteiger partial charge in [0.15, 0.2) is 11.7 Å². The first-order chi connectivity index (χ1) is 7.34. The zero-order valence-corrected chi connectivity index (χ0v) is 8.84.